The highest BCUT2D eigenvalue weighted by molar-refractivity contribution is 7.85. The van der Waals surface area contributed by atoms with Crippen LogP contribution in [0.2, 0.25) is 0 Å². The van der Waals surface area contributed by atoms with Crippen LogP contribution in [0.1, 0.15) is 63.9 Å². The molecule has 0 heterocycles. The Bertz CT molecular complexity index is 846. The summed E-state index contributed by atoms with van der Waals surface area (Å²) in [4.78, 5) is -0.405. The summed E-state index contributed by atoms with van der Waals surface area (Å²) in [5.74, 6) is 0.418. The number of unbranched alkanes of at least 4 members (excludes halogenated alkanes) is 7. The third-order valence-electron chi connectivity index (χ3n) is 4.62. The fourth-order valence-corrected chi connectivity index (χ4v) is 3.66. The lowest BCUT2D eigenvalue weighted by atomic mass is 10.0. The van der Waals surface area contributed by atoms with Gasteiger partial charge in [0, 0.05) is 18.2 Å². The fourth-order valence-electron chi connectivity index (χ4n) is 3.13. The number of hydrogen-bond donors (Lipinski definition) is 2. The van der Waals surface area contributed by atoms with Gasteiger partial charge in [0.15, 0.2) is 0 Å². The van der Waals surface area contributed by atoms with Crippen LogP contribution in [-0.2, 0) is 16.5 Å². The molecule has 2 rings (SSSR count). The molecule has 0 aliphatic heterocycles. The van der Waals surface area contributed by atoms with E-state index in [0.29, 0.717) is 5.75 Å². The second-order valence-corrected chi connectivity index (χ2v) is 8.53. The molecule has 2 aromatic rings. The molecule has 0 unspecified atom stereocenters. The highest BCUT2D eigenvalue weighted by Gasteiger charge is 2.13. The van der Waals surface area contributed by atoms with Gasteiger partial charge >= 0.3 is 0 Å². The van der Waals surface area contributed by atoms with Crippen molar-refractivity contribution in [2.75, 3.05) is 0 Å². The van der Waals surface area contributed by atoms with Crippen LogP contribution >= 0.6 is 0 Å². The quantitative estimate of drug-likeness (QED) is 0.328. The maximum atomic E-state index is 11.3. The number of benzene rings is 2. The Hall–Kier alpha value is -2.05. The topological polar surface area (TPSA) is 83.8 Å². The van der Waals surface area contributed by atoms with E-state index in [1.54, 1.807) is 6.07 Å². The van der Waals surface area contributed by atoms with E-state index in [1.807, 2.05) is 18.2 Å². The summed E-state index contributed by atoms with van der Waals surface area (Å²) in [6.07, 6.45) is 11.1. The van der Waals surface area contributed by atoms with E-state index >= 15 is 0 Å². The molecule has 2 N–H and O–H groups in total. The lowest BCUT2D eigenvalue weighted by molar-refractivity contribution is 0.446. The SMILES string of the molecule is CCCCCCCCCCc1cccc(Oc2cc(O)cc(S(=O)(=O)O)c2)c1. The maximum Gasteiger partial charge on any atom is 0.294 e. The average Bonchev–Trinajstić information content (AvgIpc) is 2.63. The maximum absolute atomic E-state index is 11.3. The van der Waals surface area contributed by atoms with Crippen molar-refractivity contribution in [3.8, 4) is 17.2 Å². The number of aryl methyl sites for hydroxylation is 1. The predicted molar refractivity (Wildman–Crippen MR) is 111 cm³/mol. The first-order valence-electron chi connectivity index (χ1n) is 9.97. The molecular formula is C22H30O5S. The smallest absolute Gasteiger partial charge is 0.294 e. The molecule has 0 radical (unpaired) electrons. The third-order valence-corrected chi connectivity index (χ3v) is 5.45. The second-order valence-electron chi connectivity index (χ2n) is 7.11. The first-order chi connectivity index (χ1) is 13.4. The molecule has 0 aliphatic carbocycles. The fraction of sp³-hybridized carbons (Fsp3) is 0.455. The Labute approximate surface area is 168 Å². The molecule has 6 heteroatoms. The van der Waals surface area contributed by atoms with Crippen molar-refractivity contribution >= 4 is 10.1 Å². The van der Waals surface area contributed by atoms with Crippen LogP contribution in [0.3, 0.4) is 0 Å². The molecule has 0 fully saturated rings. The summed E-state index contributed by atoms with van der Waals surface area (Å²) in [5, 5.41) is 9.67. The average molecular weight is 407 g/mol. The van der Waals surface area contributed by atoms with Crippen molar-refractivity contribution in [1.82, 2.24) is 0 Å². The van der Waals surface area contributed by atoms with Gasteiger partial charge in [-0.05, 0) is 30.5 Å². The van der Waals surface area contributed by atoms with Crippen LogP contribution < -0.4 is 4.74 Å². The molecule has 5 nitrogen and oxygen atoms in total. The monoisotopic (exact) mass is 406 g/mol. The summed E-state index contributed by atoms with van der Waals surface area (Å²) in [6, 6.07) is 11.1. The normalized spacial score (nSPS) is 11.5. The van der Waals surface area contributed by atoms with E-state index < -0.39 is 15.0 Å². The Kier molecular flexibility index (Phi) is 8.80. The molecular weight excluding hydrogens is 376 g/mol. The van der Waals surface area contributed by atoms with Gasteiger partial charge in [0.05, 0.1) is 0 Å². The minimum Gasteiger partial charge on any atom is -0.508 e. The lowest BCUT2D eigenvalue weighted by Crippen LogP contribution is -1.98. The number of aromatic hydroxyl groups is 1. The van der Waals surface area contributed by atoms with Gasteiger partial charge in [-0.15, -0.1) is 0 Å². The zero-order chi connectivity index (χ0) is 20.4. The Morgan fingerprint density at radius 3 is 2.21 bits per heavy atom. The third kappa shape index (κ3) is 7.90. The number of ether oxygens (including phenoxy) is 1. The van der Waals surface area contributed by atoms with E-state index in [4.69, 9.17) is 9.29 Å². The molecule has 2 aromatic carbocycles. The number of rotatable bonds is 12. The minimum atomic E-state index is -4.41. The van der Waals surface area contributed by atoms with Gasteiger partial charge in [-0.1, -0.05) is 64.0 Å². The number of phenolic OH excluding ortho intramolecular Hbond substituents is 1. The van der Waals surface area contributed by atoms with Gasteiger partial charge in [0.2, 0.25) is 0 Å². The highest BCUT2D eigenvalue weighted by Crippen LogP contribution is 2.29. The molecule has 0 aromatic heterocycles. The van der Waals surface area contributed by atoms with Crippen molar-refractivity contribution in [2.45, 2.75) is 69.6 Å². The number of phenols is 1. The molecule has 0 atom stereocenters. The molecule has 0 spiro atoms. The van der Waals surface area contributed by atoms with Crippen molar-refractivity contribution in [1.29, 1.82) is 0 Å². The number of hydrogen-bond acceptors (Lipinski definition) is 4. The molecule has 0 bridgehead atoms. The Morgan fingerprint density at radius 2 is 1.54 bits per heavy atom. The first kappa shape index (κ1) is 22.2. The zero-order valence-corrected chi connectivity index (χ0v) is 17.2. The summed E-state index contributed by atoms with van der Waals surface area (Å²) in [7, 11) is -4.41. The predicted octanol–water partition coefficient (Wildman–Crippen LogP) is 6.11. The van der Waals surface area contributed by atoms with Crippen molar-refractivity contribution in [3.63, 3.8) is 0 Å². The molecule has 0 amide bonds. The van der Waals surface area contributed by atoms with Gasteiger partial charge in [-0.25, -0.2) is 0 Å². The summed E-state index contributed by atoms with van der Waals surface area (Å²) in [6.45, 7) is 2.23. The molecule has 0 aliphatic rings. The van der Waals surface area contributed by atoms with E-state index in [0.717, 1.165) is 24.5 Å². The largest absolute Gasteiger partial charge is 0.508 e. The van der Waals surface area contributed by atoms with Gasteiger partial charge in [-0.3, -0.25) is 4.55 Å². The zero-order valence-electron chi connectivity index (χ0n) is 16.4. The van der Waals surface area contributed by atoms with Crippen molar-refractivity contribution in [2.24, 2.45) is 0 Å². The highest BCUT2D eigenvalue weighted by atomic mass is 32.2. The molecule has 154 valence electrons. The Balaban J connectivity index is 1.87. The van der Waals surface area contributed by atoms with Crippen molar-refractivity contribution < 1.29 is 22.8 Å². The molecule has 0 saturated heterocycles. The van der Waals surface area contributed by atoms with Gasteiger partial charge in [0.1, 0.15) is 22.1 Å². The van der Waals surface area contributed by atoms with Crippen LogP contribution in [0.4, 0.5) is 0 Å². The van der Waals surface area contributed by atoms with Crippen molar-refractivity contribution in [3.05, 3.63) is 48.0 Å². The van der Waals surface area contributed by atoms with Crippen LogP contribution in [0.5, 0.6) is 17.2 Å². The van der Waals surface area contributed by atoms with Gasteiger partial charge < -0.3 is 9.84 Å². The van der Waals surface area contributed by atoms with E-state index in [2.05, 4.69) is 6.92 Å². The second kappa shape index (κ2) is 11.1. The van der Waals surface area contributed by atoms with Crippen LogP contribution in [-0.4, -0.2) is 18.1 Å². The standard InChI is InChI=1S/C22H30O5S/c1-2-3-4-5-6-7-8-9-11-18-12-10-13-20(14-18)27-21-15-19(23)16-22(17-21)28(24,25)26/h10,12-17,23H,2-9,11H2,1H3,(H,24,25,26). The van der Waals surface area contributed by atoms with E-state index in [1.165, 1.54) is 57.1 Å². The summed E-state index contributed by atoms with van der Waals surface area (Å²) < 4.78 is 37.4. The van der Waals surface area contributed by atoms with E-state index in [-0.39, 0.29) is 11.5 Å². The van der Waals surface area contributed by atoms with Crippen LogP contribution in [0.15, 0.2) is 47.4 Å². The Morgan fingerprint density at radius 1 is 0.857 bits per heavy atom. The van der Waals surface area contributed by atoms with E-state index in [9.17, 15) is 13.5 Å². The van der Waals surface area contributed by atoms with Gasteiger partial charge in [0.25, 0.3) is 10.1 Å². The molecule has 28 heavy (non-hydrogen) atoms. The lowest BCUT2D eigenvalue weighted by Gasteiger charge is -2.09. The van der Waals surface area contributed by atoms with Gasteiger partial charge in [-0.2, -0.15) is 8.42 Å². The summed E-state index contributed by atoms with van der Waals surface area (Å²) in [5.41, 5.74) is 1.15. The summed E-state index contributed by atoms with van der Waals surface area (Å²) >= 11 is 0. The molecule has 0 saturated carbocycles. The minimum absolute atomic E-state index is 0.150. The van der Waals surface area contributed by atoms with Crippen LogP contribution in [0.25, 0.3) is 0 Å². The van der Waals surface area contributed by atoms with Crippen LogP contribution in [0, 0.1) is 0 Å². The first-order valence-corrected chi connectivity index (χ1v) is 11.4.